The summed E-state index contributed by atoms with van der Waals surface area (Å²) in [6.07, 6.45) is 1.63. The highest BCUT2D eigenvalue weighted by molar-refractivity contribution is 7.89. The van der Waals surface area contributed by atoms with Gasteiger partial charge in [-0.15, -0.1) is 0 Å². The van der Waals surface area contributed by atoms with E-state index in [1.807, 2.05) is 13.8 Å². The Kier molecular flexibility index (Phi) is 6.17. The molecule has 1 atom stereocenters. The smallest absolute Gasteiger partial charge is 0.254 e. The molecule has 0 aromatic heterocycles. The minimum absolute atomic E-state index is 0.0462. The van der Waals surface area contributed by atoms with E-state index in [0.29, 0.717) is 5.75 Å². The largest absolute Gasteiger partial charge is 0.496 e. The van der Waals surface area contributed by atoms with Crippen molar-refractivity contribution in [1.82, 2.24) is 10.0 Å². The molecular formula is C14H22N2O4S. The first-order valence-corrected chi connectivity index (χ1v) is 8.26. The fraction of sp³-hybridized carbons (Fsp3) is 0.500. The van der Waals surface area contributed by atoms with Crippen LogP contribution in [0, 0.1) is 0 Å². The van der Waals surface area contributed by atoms with E-state index in [1.165, 1.54) is 32.4 Å². The number of sulfonamides is 1. The zero-order chi connectivity index (χ0) is 16.0. The molecule has 0 spiro atoms. The maximum absolute atomic E-state index is 12.3. The number of hydrogen-bond donors (Lipinski definition) is 2. The second kappa shape index (κ2) is 7.42. The summed E-state index contributed by atoms with van der Waals surface area (Å²) in [5, 5.41) is 2.46. The molecule has 7 heteroatoms. The van der Waals surface area contributed by atoms with Crippen molar-refractivity contribution in [2.45, 2.75) is 37.6 Å². The van der Waals surface area contributed by atoms with Gasteiger partial charge in [-0.25, -0.2) is 13.1 Å². The molecule has 1 rings (SSSR count). The fourth-order valence-corrected chi connectivity index (χ4v) is 3.30. The Hall–Kier alpha value is -1.60. The second-order valence-corrected chi connectivity index (χ2v) is 6.47. The zero-order valence-electron chi connectivity index (χ0n) is 12.8. The third-order valence-corrected chi connectivity index (χ3v) is 4.62. The Bertz CT molecular complexity index is 599. The standard InChI is InChI=1S/C14H22N2O4S/c1-5-6-10(2)16-21(18,19)11-7-8-13(20-4)12(9-11)14(17)15-3/h7-10,16H,5-6H2,1-4H3,(H,15,17). The molecule has 0 saturated heterocycles. The summed E-state index contributed by atoms with van der Waals surface area (Å²) in [6.45, 7) is 3.80. The molecule has 0 saturated carbocycles. The highest BCUT2D eigenvalue weighted by atomic mass is 32.2. The molecule has 0 aliphatic carbocycles. The van der Waals surface area contributed by atoms with Gasteiger partial charge < -0.3 is 10.1 Å². The van der Waals surface area contributed by atoms with E-state index in [0.717, 1.165) is 12.8 Å². The lowest BCUT2D eigenvalue weighted by atomic mass is 10.2. The third kappa shape index (κ3) is 4.44. The van der Waals surface area contributed by atoms with Gasteiger partial charge in [0.05, 0.1) is 17.6 Å². The average molecular weight is 314 g/mol. The van der Waals surface area contributed by atoms with Gasteiger partial charge in [-0.05, 0) is 31.5 Å². The maximum atomic E-state index is 12.3. The number of ether oxygens (including phenoxy) is 1. The summed E-state index contributed by atoms with van der Waals surface area (Å²) < 4.78 is 32.3. The fourth-order valence-electron chi connectivity index (χ4n) is 1.99. The van der Waals surface area contributed by atoms with Gasteiger partial charge in [0.2, 0.25) is 10.0 Å². The number of hydrogen-bond acceptors (Lipinski definition) is 4. The summed E-state index contributed by atoms with van der Waals surface area (Å²) in [4.78, 5) is 11.8. The molecule has 1 aromatic carbocycles. The molecule has 0 aliphatic heterocycles. The number of carbonyl (C=O) groups excluding carboxylic acids is 1. The van der Waals surface area contributed by atoms with Crippen LogP contribution < -0.4 is 14.8 Å². The Morgan fingerprint density at radius 1 is 1.38 bits per heavy atom. The van der Waals surface area contributed by atoms with Crippen molar-refractivity contribution in [2.24, 2.45) is 0 Å². The van der Waals surface area contributed by atoms with E-state index in [9.17, 15) is 13.2 Å². The number of methoxy groups -OCH3 is 1. The van der Waals surface area contributed by atoms with Crippen molar-refractivity contribution in [3.8, 4) is 5.75 Å². The van der Waals surface area contributed by atoms with Crippen LogP contribution in [0.3, 0.4) is 0 Å². The molecule has 0 fully saturated rings. The van der Waals surface area contributed by atoms with Crippen molar-refractivity contribution in [3.63, 3.8) is 0 Å². The molecule has 0 radical (unpaired) electrons. The van der Waals surface area contributed by atoms with Crippen molar-refractivity contribution < 1.29 is 17.9 Å². The molecule has 0 aliphatic rings. The van der Waals surface area contributed by atoms with Crippen molar-refractivity contribution in [1.29, 1.82) is 0 Å². The lowest BCUT2D eigenvalue weighted by molar-refractivity contribution is 0.0960. The molecule has 1 aromatic rings. The molecular weight excluding hydrogens is 292 g/mol. The summed E-state index contributed by atoms with van der Waals surface area (Å²) in [7, 11) is -0.752. The number of nitrogens with one attached hydrogen (secondary N) is 2. The Balaban J connectivity index is 3.16. The molecule has 118 valence electrons. The number of rotatable bonds is 7. The first-order chi connectivity index (χ1) is 9.85. The first-order valence-electron chi connectivity index (χ1n) is 6.78. The number of carbonyl (C=O) groups is 1. The Morgan fingerprint density at radius 2 is 2.05 bits per heavy atom. The van der Waals surface area contributed by atoms with Crippen molar-refractivity contribution >= 4 is 15.9 Å². The van der Waals surface area contributed by atoms with Crippen LogP contribution in [-0.4, -0.2) is 34.5 Å². The van der Waals surface area contributed by atoms with Crippen LogP contribution in [0.15, 0.2) is 23.1 Å². The maximum Gasteiger partial charge on any atom is 0.254 e. The molecule has 0 bridgehead atoms. The topological polar surface area (TPSA) is 84.5 Å². The van der Waals surface area contributed by atoms with Gasteiger partial charge in [-0.1, -0.05) is 13.3 Å². The SMILES string of the molecule is CCCC(C)NS(=O)(=O)c1ccc(OC)c(C(=O)NC)c1. The van der Waals surface area contributed by atoms with Crippen LogP contribution in [0.5, 0.6) is 5.75 Å². The zero-order valence-corrected chi connectivity index (χ0v) is 13.6. The summed E-state index contributed by atoms with van der Waals surface area (Å²) in [6, 6.07) is 4.06. The van der Waals surface area contributed by atoms with Crippen LogP contribution in [0.1, 0.15) is 37.0 Å². The lowest BCUT2D eigenvalue weighted by Crippen LogP contribution is -2.32. The van der Waals surface area contributed by atoms with Crippen LogP contribution in [0.25, 0.3) is 0 Å². The Morgan fingerprint density at radius 3 is 2.57 bits per heavy atom. The van der Waals surface area contributed by atoms with Gasteiger partial charge >= 0.3 is 0 Å². The van der Waals surface area contributed by atoms with Crippen LogP contribution in [0.2, 0.25) is 0 Å². The molecule has 21 heavy (non-hydrogen) atoms. The van der Waals surface area contributed by atoms with Gasteiger partial charge in [0, 0.05) is 13.1 Å². The minimum atomic E-state index is -3.66. The van der Waals surface area contributed by atoms with E-state index in [4.69, 9.17) is 4.74 Å². The molecule has 1 amide bonds. The van der Waals surface area contributed by atoms with E-state index in [-0.39, 0.29) is 16.5 Å². The van der Waals surface area contributed by atoms with Crippen molar-refractivity contribution in [2.75, 3.05) is 14.2 Å². The quantitative estimate of drug-likeness (QED) is 0.799. The van der Waals surface area contributed by atoms with Crippen molar-refractivity contribution in [3.05, 3.63) is 23.8 Å². The van der Waals surface area contributed by atoms with Gasteiger partial charge in [-0.2, -0.15) is 0 Å². The highest BCUT2D eigenvalue weighted by Crippen LogP contribution is 2.22. The monoisotopic (exact) mass is 314 g/mol. The van der Waals surface area contributed by atoms with E-state index in [1.54, 1.807) is 0 Å². The van der Waals surface area contributed by atoms with Gasteiger partial charge in [0.1, 0.15) is 5.75 Å². The van der Waals surface area contributed by atoms with Crippen LogP contribution >= 0.6 is 0 Å². The molecule has 2 N–H and O–H groups in total. The normalized spacial score (nSPS) is 12.8. The molecule has 0 heterocycles. The number of amides is 1. The summed E-state index contributed by atoms with van der Waals surface area (Å²) in [5.74, 6) is -0.0691. The first kappa shape index (κ1) is 17.5. The van der Waals surface area contributed by atoms with E-state index < -0.39 is 15.9 Å². The summed E-state index contributed by atoms with van der Waals surface area (Å²) >= 11 is 0. The average Bonchev–Trinajstić information content (AvgIpc) is 2.45. The highest BCUT2D eigenvalue weighted by Gasteiger charge is 2.20. The van der Waals surface area contributed by atoms with Gasteiger partial charge in [0.15, 0.2) is 0 Å². The Labute approximate surface area is 125 Å². The van der Waals surface area contributed by atoms with Crippen LogP contribution in [-0.2, 0) is 10.0 Å². The van der Waals surface area contributed by atoms with E-state index >= 15 is 0 Å². The predicted molar refractivity (Wildman–Crippen MR) is 81.1 cm³/mol. The van der Waals surface area contributed by atoms with E-state index in [2.05, 4.69) is 10.0 Å². The molecule has 6 nitrogen and oxygen atoms in total. The number of benzene rings is 1. The summed E-state index contributed by atoms with van der Waals surface area (Å²) in [5.41, 5.74) is 0.186. The van der Waals surface area contributed by atoms with Gasteiger partial charge in [-0.3, -0.25) is 4.79 Å². The second-order valence-electron chi connectivity index (χ2n) is 4.75. The van der Waals surface area contributed by atoms with Crippen LogP contribution in [0.4, 0.5) is 0 Å². The lowest BCUT2D eigenvalue weighted by Gasteiger charge is -2.15. The van der Waals surface area contributed by atoms with Gasteiger partial charge in [0.25, 0.3) is 5.91 Å². The molecule has 1 unspecified atom stereocenters. The minimum Gasteiger partial charge on any atom is -0.496 e. The third-order valence-electron chi connectivity index (χ3n) is 3.03. The predicted octanol–water partition coefficient (Wildman–Crippen LogP) is 1.52.